The predicted octanol–water partition coefficient (Wildman–Crippen LogP) is 0.737. The van der Waals surface area contributed by atoms with E-state index in [1.54, 1.807) is 0 Å². The van der Waals surface area contributed by atoms with Gasteiger partial charge in [0.25, 0.3) is 0 Å². The zero-order valence-electron chi connectivity index (χ0n) is 9.89. The van der Waals surface area contributed by atoms with Crippen molar-refractivity contribution in [1.29, 1.82) is 0 Å². The van der Waals surface area contributed by atoms with Gasteiger partial charge in [-0.05, 0) is 32.7 Å². The molecule has 3 aliphatic heterocycles. The van der Waals surface area contributed by atoms with E-state index in [9.17, 15) is 5.11 Å². The maximum Gasteiger partial charge on any atom is 0.160 e. The van der Waals surface area contributed by atoms with Crippen LogP contribution in [0.5, 0.6) is 0 Å². The fraction of sp³-hybridized carbons (Fsp3) is 1.00. The first-order chi connectivity index (χ1) is 7.66. The number of aliphatic hydroxyl groups is 1. The summed E-state index contributed by atoms with van der Waals surface area (Å²) in [4.78, 5) is 2.44. The number of hydrogen-bond donors (Lipinski definition) is 1. The van der Waals surface area contributed by atoms with Gasteiger partial charge in [0.2, 0.25) is 0 Å². The minimum atomic E-state index is -0.562. The Hall–Kier alpha value is -0.160. The third-order valence-electron chi connectivity index (χ3n) is 4.45. The van der Waals surface area contributed by atoms with Crippen LogP contribution in [0.1, 0.15) is 32.1 Å². The van der Waals surface area contributed by atoms with Crippen LogP contribution in [0.15, 0.2) is 0 Å². The first-order valence-corrected chi connectivity index (χ1v) is 6.34. The summed E-state index contributed by atoms with van der Waals surface area (Å²) in [5.74, 6) is 0. The van der Waals surface area contributed by atoms with Gasteiger partial charge in [-0.1, -0.05) is 0 Å². The average molecular weight is 227 g/mol. The molecule has 16 heavy (non-hydrogen) atoms. The lowest BCUT2D eigenvalue weighted by Gasteiger charge is -2.42. The van der Waals surface area contributed by atoms with Gasteiger partial charge in [-0.3, -0.25) is 0 Å². The van der Waals surface area contributed by atoms with Crippen LogP contribution in [-0.2, 0) is 9.47 Å². The Bertz CT molecular complexity index is 251. The van der Waals surface area contributed by atoms with Gasteiger partial charge in [0.05, 0.1) is 18.8 Å². The van der Waals surface area contributed by atoms with Crippen molar-refractivity contribution in [3.63, 3.8) is 0 Å². The Morgan fingerprint density at radius 3 is 2.31 bits per heavy atom. The van der Waals surface area contributed by atoms with Crippen molar-refractivity contribution in [2.75, 3.05) is 20.3 Å². The van der Waals surface area contributed by atoms with Crippen LogP contribution in [0.25, 0.3) is 0 Å². The first-order valence-electron chi connectivity index (χ1n) is 6.34. The highest BCUT2D eigenvalue weighted by molar-refractivity contribution is 5.01. The number of nitrogens with zero attached hydrogens (tertiary/aromatic N) is 1. The summed E-state index contributed by atoms with van der Waals surface area (Å²) in [7, 11) is 2.19. The van der Waals surface area contributed by atoms with Gasteiger partial charge < -0.3 is 19.5 Å². The molecule has 0 aromatic heterocycles. The van der Waals surface area contributed by atoms with Crippen LogP contribution in [-0.4, -0.2) is 54.2 Å². The van der Waals surface area contributed by atoms with Crippen LogP contribution < -0.4 is 0 Å². The van der Waals surface area contributed by atoms with Crippen LogP contribution >= 0.6 is 0 Å². The normalized spacial score (nSPS) is 45.4. The van der Waals surface area contributed by atoms with Crippen molar-refractivity contribution >= 4 is 0 Å². The zero-order chi connectivity index (χ0) is 11.2. The molecule has 0 radical (unpaired) electrons. The smallest absolute Gasteiger partial charge is 0.160 e. The van der Waals surface area contributed by atoms with E-state index in [4.69, 9.17) is 9.47 Å². The molecule has 3 heterocycles. The number of rotatable bonds is 2. The molecule has 1 N–H and O–H groups in total. The maximum absolute atomic E-state index is 10.6. The summed E-state index contributed by atoms with van der Waals surface area (Å²) in [6.07, 6.45) is 4.69. The lowest BCUT2D eigenvalue weighted by Crippen LogP contribution is -2.50. The van der Waals surface area contributed by atoms with Crippen molar-refractivity contribution in [3.8, 4) is 0 Å². The molecule has 3 saturated heterocycles. The van der Waals surface area contributed by atoms with Crippen LogP contribution in [0.2, 0.25) is 0 Å². The highest BCUT2D eigenvalue weighted by Crippen LogP contribution is 2.42. The maximum atomic E-state index is 10.6. The molecule has 2 unspecified atom stereocenters. The summed E-state index contributed by atoms with van der Waals surface area (Å²) in [6, 6.07) is 1.12. The number of piperidine rings is 1. The molecule has 3 rings (SSSR count). The van der Waals surface area contributed by atoms with E-state index in [1.807, 2.05) is 0 Å². The first kappa shape index (κ1) is 11.0. The lowest BCUT2D eigenvalue weighted by molar-refractivity contribution is -0.127. The monoisotopic (exact) mass is 227 g/mol. The third-order valence-corrected chi connectivity index (χ3v) is 4.45. The molecule has 3 aliphatic rings. The number of fused-ring (bicyclic) bond motifs is 2. The SMILES string of the molecule is CN1C2CCC1CC(O)(CC1OCCO1)C2. The minimum Gasteiger partial charge on any atom is -0.390 e. The molecule has 4 nitrogen and oxygen atoms in total. The molecule has 4 heteroatoms. The molecule has 0 saturated carbocycles. The van der Waals surface area contributed by atoms with Gasteiger partial charge in [0.15, 0.2) is 6.29 Å². The quantitative estimate of drug-likeness (QED) is 0.755. The average Bonchev–Trinajstić information content (AvgIpc) is 2.77. The second-order valence-corrected chi connectivity index (χ2v) is 5.56. The second kappa shape index (κ2) is 3.95. The Labute approximate surface area is 96.5 Å². The number of ether oxygens (including phenoxy) is 2. The molecule has 92 valence electrons. The van der Waals surface area contributed by atoms with Crippen LogP contribution in [0, 0.1) is 0 Å². The summed E-state index contributed by atoms with van der Waals surface area (Å²) < 4.78 is 10.9. The van der Waals surface area contributed by atoms with E-state index >= 15 is 0 Å². The van der Waals surface area contributed by atoms with Gasteiger partial charge >= 0.3 is 0 Å². The Morgan fingerprint density at radius 2 is 1.75 bits per heavy atom. The van der Waals surface area contributed by atoms with E-state index in [2.05, 4.69) is 11.9 Å². The summed E-state index contributed by atoms with van der Waals surface area (Å²) >= 11 is 0. The van der Waals surface area contributed by atoms with Crippen molar-refractivity contribution in [2.24, 2.45) is 0 Å². The van der Waals surface area contributed by atoms with E-state index in [-0.39, 0.29) is 6.29 Å². The van der Waals surface area contributed by atoms with Gasteiger partial charge in [0.1, 0.15) is 0 Å². The van der Waals surface area contributed by atoms with Crippen molar-refractivity contribution in [3.05, 3.63) is 0 Å². The molecule has 0 spiro atoms. The molecule has 3 fully saturated rings. The number of hydrogen-bond acceptors (Lipinski definition) is 4. The lowest BCUT2D eigenvalue weighted by atomic mass is 9.83. The molecule has 2 atom stereocenters. The summed E-state index contributed by atoms with van der Waals surface area (Å²) in [5, 5.41) is 10.6. The Morgan fingerprint density at radius 1 is 1.19 bits per heavy atom. The Balaban J connectivity index is 1.65. The fourth-order valence-electron chi connectivity index (χ4n) is 3.54. The molecule has 0 aromatic carbocycles. The standard InChI is InChI=1S/C12H21NO3/c1-13-9-2-3-10(13)7-12(14,6-9)8-11-15-4-5-16-11/h9-11,14H,2-8H2,1H3. The van der Waals surface area contributed by atoms with Crippen LogP contribution in [0.3, 0.4) is 0 Å². The van der Waals surface area contributed by atoms with Crippen molar-refractivity contribution < 1.29 is 14.6 Å². The predicted molar refractivity (Wildman–Crippen MR) is 59.1 cm³/mol. The molecular formula is C12H21NO3. The third kappa shape index (κ3) is 1.88. The van der Waals surface area contributed by atoms with E-state index in [0.717, 1.165) is 12.8 Å². The van der Waals surface area contributed by atoms with Gasteiger partial charge in [0, 0.05) is 18.5 Å². The van der Waals surface area contributed by atoms with Crippen LogP contribution in [0.4, 0.5) is 0 Å². The minimum absolute atomic E-state index is 0.173. The molecule has 2 bridgehead atoms. The van der Waals surface area contributed by atoms with E-state index in [1.165, 1.54) is 12.8 Å². The van der Waals surface area contributed by atoms with Gasteiger partial charge in [-0.2, -0.15) is 0 Å². The zero-order valence-corrected chi connectivity index (χ0v) is 9.89. The van der Waals surface area contributed by atoms with E-state index in [0.29, 0.717) is 31.7 Å². The largest absolute Gasteiger partial charge is 0.390 e. The fourth-order valence-corrected chi connectivity index (χ4v) is 3.54. The van der Waals surface area contributed by atoms with Crippen molar-refractivity contribution in [2.45, 2.75) is 56.1 Å². The highest BCUT2D eigenvalue weighted by Gasteiger charge is 2.47. The van der Waals surface area contributed by atoms with Gasteiger partial charge in [-0.15, -0.1) is 0 Å². The summed E-state index contributed by atoms with van der Waals surface area (Å²) in [5.41, 5.74) is -0.562. The molecule has 0 aromatic rings. The molecular weight excluding hydrogens is 206 g/mol. The van der Waals surface area contributed by atoms with Gasteiger partial charge in [-0.25, -0.2) is 0 Å². The summed E-state index contributed by atoms with van der Waals surface area (Å²) in [6.45, 7) is 1.35. The topological polar surface area (TPSA) is 41.9 Å². The molecule has 0 amide bonds. The van der Waals surface area contributed by atoms with Crippen molar-refractivity contribution in [1.82, 2.24) is 4.90 Å². The highest BCUT2D eigenvalue weighted by atomic mass is 16.7. The van der Waals surface area contributed by atoms with E-state index < -0.39 is 5.60 Å². The Kier molecular flexibility index (Phi) is 2.70. The second-order valence-electron chi connectivity index (χ2n) is 5.56. The molecule has 0 aliphatic carbocycles.